The van der Waals surface area contributed by atoms with Gasteiger partial charge < -0.3 is 16.8 Å². The molecular formula is C13H14N4O. The number of hydrogen-bond acceptors (Lipinski definition) is 4. The average Bonchev–Trinajstić information content (AvgIpc) is 2.37. The summed E-state index contributed by atoms with van der Waals surface area (Å²) in [5.74, 6) is -0.483. The molecule has 5 N–H and O–H groups in total. The second-order valence-corrected chi connectivity index (χ2v) is 3.88. The lowest BCUT2D eigenvalue weighted by Crippen LogP contribution is -2.14. The molecule has 0 radical (unpaired) electrons. The Bertz CT molecular complexity index is 554. The van der Waals surface area contributed by atoms with Gasteiger partial charge in [0.2, 0.25) is 0 Å². The Balaban J connectivity index is 2.18. The monoisotopic (exact) mass is 242 g/mol. The van der Waals surface area contributed by atoms with Crippen molar-refractivity contribution in [2.24, 2.45) is 5.73 Å². The van der Waals surface area contributed by atoms with E-state index in [1.54, 1.807) is 30.6 Å². The Labute approximate surface area is 105 Å². The SMILES string of the molecule is NC(=O)c1ccc(N)cc1NCc1cccnc1. The predicted octanol–water partition coefficient (Wildman–Crippen LogP) is 1.37. The summed E-state index contributed by atoms with van der Waals surface area (Å²) in [5, 5.41) is 3.13. The Morgan fingerprint density at radius 3 is 2.83 bits per heavy atom. The van der Waals surface area contributed by atoms with E-state index in [-0.39, 0.29) is 0 Å². The predicted molar refractivity (Wildman–Crippen MR) is 70.9 cm³/mol. The Morgan fingerprint density at radius 2 is 2.17 bits per heavy atom. The van der Waals surface area contributed by atoms with Crippen LogP contribution >= 0.6 is 0 Å². The first-order chi connectivity index (χ1) is 8.66. The molecule has 2 aromatic rings. The zero-order chi connectivity index (χ0) is 13.0. The number of benzene rings is 1. The van der Waals surface area contributed by atoms with E-state index in [0.29, 0.717) is 23.5 Å². The highest BCUT2D eigenvalue weighted by Crippen LogP contribution is 2.19. The van der Waals surface area contributed by atoms with Crippen molar-refractivity contribution in [2.45, 2.75) is 6.54 Å². The van der Waals surface area contributed by atoms with Crippen molar-refractivity contribution < 1.29 is 4.79 Å². The third-order valence-electron chi connectivity index (χ3n) is 2.51. The molecule has 1 heterocycles. The lowest BCUT2D eigenvalue weighted by atomic mass is 10.1. The smallest absolute Gasteiger partial charge is 0.250 e. The van der Waals surface area contributed by atoms with E-state index in [0.717, 1.165) is 5.56 Å². The number of rotatable bonds is 4. The molecule has 0 aliphatic carbocycles. The number of anilines is 2. The molecule has 5 heteroatoms. The van der Waals surface area contributed by atoms with E-state index in [9.17, 15) is 4.79 Å². The summed E-state index contributed by atoms with van der Waals surface area (Å²) in [4.78, 5) is 15.3. The maximum Gasteiger partial charge on any atom is 0.250 e. The summed E-state index contributed by atoms with van der Waals surface area (Å²) in [5.41, 5.74) is 13.6. The van der Waals surface area contributed by atoms with Gasteiger partial charge in [-0.2, -0.15) is 0 Å². The number of aromatic nitrogens is 1. The number of nitrogen functional groups attached to an aromatic ring is 1. The lowest BCUT2D eigenvalue weighted by molar-refractivity contribution is 0.100. The number of amides is 1. The lowest BCUT2D eigenvalue weighted by Gasteiger charge is -2.10. The Kier molecular flexibility index (Phi) is 3.43. The number of pyridine rings is 1. The third kappa shape index (κ3) is 2.76. The Hall–Kier alpha value is -2.56. The third-order valence-corrected chi connectivity index (χ3v) is 2.51. The van der Waals surface area contributed by atoms with Gasteiger partial charge in [-0.3, -0.25) is 9.78 Å². The van der Waals surface area contributed by atoms with Crippen LogP contribution in [0.2, 0.25) is 0 Å². The van der Waals surface area contributed by atoms with Crippen molar-refractivity contribution in [3.63, 3.8) is 0 Å². The minimum absolute atomic E-state index is 0.424. The molecule has 0 fully saturated rings. The van der Waals surface area contributed by atoms with Gasteiger partial charge in [-0.15, -0.1) is 0 Å². The van der Waals surface area contributed by atoms with Crippen LogP contribution in [0.4, 0.5) is 11.4 Å². The number of hydrogen-bond donors (Lipinski definition) is 3. The van der Waals surface area contributed by atoms with Crippen LogP contribution in [0.1, 0.15) is 15.9 Å². The minimum Gasteiger partial charge on any atom is -0.399 e. The highest BCUT2D eigenvalue weighted by molar-refractivity contribution is 5.99. The van der Waals surface area contributed by atoms with Crippen molar-refractivity contribution in [1.82, 2.24) is 4.98 Å². The van der Waals surface area contributed by atoms with Crippen molar-refractivity contribution in [3.8, 4) is 0 Å². The molecule has 1 aromatic carbocycles. The first-order valence-electron chi connectivity index (χ1n) is 5.49. The molecular weight excluding hydrogens is 228 g/mol. The molecule has 0 saturated carbocycles. The van der Waals surface area contributed by atoms with Crippen LogP contribution in [-0.4, -0.2) is 10.9 Å². The van der Waals surface area contributed by atoms with Crippen LogP contribution in [0.5, 0.6) is 0 Å². The van der Waals surface area contributed by atoms with Gasteiger partial charge in [-0.1, -0.05) is 6.07 Å². The summed E-state index contributed by atoms with van der Waals surface area (Å²) in [6.45, 7) is 0.553. The van der Waals surface area contributed by atoms with E-state index < -0.39 is 5.91 Å². The average molecular weight is 242 g/mol. The number of nitrogens with zero attached hydrogens (tertiary/aromatic N) is 1. The van der Waals surface area contributed by atoms with Crippen molar-refractivity contribution in [2.75, 3.05) is 11.1 Å². The van der Waals surface area contributed by atoms with Crippen molar-refractivity contribution in [3.05, 3.63) is 53.9 Å². The molecule has 0 spiro atoms. The molecule has 1 aromatic heterocycles. The molecule has 1 amide bonds. The van der Waals surface area contributed by atoms with Gasteiger partial charge in [0.15, 0.2) is 0 Å². The maximum atomic E-state index is 11.3. The molecule has 0 bridgehead atoms. The molecule has 92 valence electrons. The van der Waals surface area contributed by atoms with Gasteiger partial charge in [0.1, 0.15) is 0 Å². The van der Waals surface area contributed by atoms with Crippen LogP contribution < -0.4 is 16.8 Å². The van der Waals surface area contributed by atoms with E-state index in [2.05, 4.69) is 10.3 Å². The largest absolute Gasteiger partial charge is 0.399 e. The van der Waals surface area contributed by atoms with Gasteiger partial charge in [-0.05, 0) is 29.8 Å². The highest BCUT2D eigenvalue weighted by Gasteiger charge is 2.08. The molecule has 5 nitrogen and oxygen atoms in total. The molecule has 0 atom stereocenters. The van der Waals surface area contributed by atoms with E-state index in [1.807, 2.05) is 12.1 Å². The fourth-order valence-electron chi connectivity index (χ4n) is 1.62. The second-order valence-electron chi connectivity index (χ2n) is 3.88. The standard InChI is InChI=1S/C13H14N4O/c14-10-3-4-11(13(15)18)12(6-10)17-8-9-2-1-5-16-7-9/h1-7,17H,8,14H2,(H2,15,18). The zero-order valence-electron chi connectivity index (χ0n) is 9.76. The van der Waals surface area contributed by atoms with Crippen LogP contribution in [-0.2, 0) is 6.54 Å². The molecule has 18 heavy (non-hydrogen) atoms. The van der Waals surface area contributed by atoms with Crippen LogP contribution in [0.3, 0.4) is 0 Å². The second kappa shape index (κ2) is 5.18. The van der Waals surface area contributed by atoms with Gasteiger partial charge in [0.25, 0.3) is 5.91 Å². The summed E-state index contributed by atoms with van der Waals surface area (Å²) >= 11 is 0. The van der Waals surface area contributed by atoms with Crippen LogP contribution in [0.25, 0.3) is 0 Å². The topological polar surface area (TPSA) is 94.0 Å². The van der Waals surface area contributed by atoms with Crippen molar-refractivity contribution >= 4 is 17.3 Å². The first kappa shape index (κ1) is 11.9. The highest BCUT2D eigenvalue weighted by atomic mass is 16.1. The zero-order valence-corrected chi connectivity index (χ0v) is 9.76. The number of nitrogens with one attached hydrogen (secondary N) is 1. The fraction of sp³-hybridized carbons (Fsp3) is 0.0769. The summed E-state index contributed by atoms with van der Waals surface area (Å²) < 4.78 is 0. The van der Waals surface area contributed by atoms with Gasteiger partial charge >= 0.3 is 0 Å². The molecule has 0 aliphatic rings. The summed E-state index contributed by atoms with van der Waals surface area (Å²) in [6, 6.07) is 8.75. The summed E-state index contributed by atoms with van der Waals surface area (Å²) in [7, 11) is 0. The molecule has 0 aliphatic heterocycles. The fourth-order valence-corrected chi connectivity index (χ4v) is 1.62. The van der Waals surface area contributed by atoms with E-state index in [1.165, 1.54) is 0 Å². The quantitative estimate of drug-likeness (QED) is 0.706. The van der Waals surface area contributed by atoms with Crippen LogP contribution in [0, 0.1) is 0 Å². The first-order valence-corrected chi connectivity index (χ1v) is 5.49. The van der Waals surface area contributed by atoms with E-state index in [4.69, 9.17) is 11.5 Å². The number of primary amides is 1. The molecule has 0 unspecified atom stereocenters. The Morgan fingerprint density at radius 1 is 1.33 bits per heavy atom. The van der Waals surface area contributed by atoms with Gasteiger partial charge in [0, 0.05) is 30.3 Å². The number of nitrogens with two attached hydrogens (primary N) is 2. The molecule has 2 rings (SSSR count). The summed E-state index contributed by atoms with van der Waals surface area (Å²) in [6.07, 6.45) is 3.46. The van der Waals surface area contributed by atoms with Gasteiger partial charge in [0.05, 0.1) is 5.56 Å². The van der Waals surface area contributed by atoms with E-state index >= 15 is 0 Å². The van der Waals surface area contributed by atoms with Crippen molar-refractivity contribution in [1.29, 1.82) is 0 Å². The number of carbonyl (C=O) groups is 1. The maximum absolute atomic E-state index is 11.3. The molecule has 0 saturated heterocycles. The van der Waals surface area contributed by atoms with Gasteiger partial charge in [-0.25, -0.2) is 0 Å². The normalized spacial score (nSPS) is 10.0. The number of carbonyl (C=O) groups excluding carboxylic acids is 1. The van der Waals surface area contributed by atoms with Crippen LogP contribution in [0.15, 0.2) is 42.7 Å². The minimum atomic E-state index is -0.483.